The molecule has 0 spiro atoms. The largest absolute Gasteiger partial charge is 0.461 e. The van der Waals surface area contributed by atoms with Gasteiger partial charge in [-0.2, -0.15) is 17.6 Å². The summed E-state index contributed by atoms with van der Waals surface area (Å²) < 4.78 is 67.1. The van der Waals surface area contributed by atoms with Crippen molar-refractivity contribution >= 4 is 0 Å². The van der Waals surface area contributed by atoms with Crippen LogP contribution in [-0.4, -0.2) is 23.7 Å². The molecule has 3 N–H and O–H groups in total. The van der Waals surface area contributed by atoms with Gasteiger partial charge in [-0.25, -0.2) is 4.39 Å². The number of hydrogen-bond acceptors (Lipinski definition) is 3. The zero-order valence-corrected chi connectivity index (χ0v) is 12.9. The van der Waals surface area contributed by atoms with Crippen molar-refractivity contribution in [3.8, 4) is 5.75 Å². The average molecular weight is 361 g/mol. The van der Waals surface area contributed by atoms with E-state index in [1.807, 2.05) is 0 Å². The zero-order valence-electron chi connectivity index (χ0n) is 12.9. The van der Waals surface area contributed by atoms with Gasteiger partial charge in [0.25, 0.3) is 0 Å². The summed E-state index contributed by atoms with van der Waals surface area (Å²) in [6.45, 7) is 0. The molecule has 0 heterocycles. The van der Waals surface area contributed by atoms with Crippen molar-refractivity contribution in [2.75, 3.05) is 0 Å². The number of aliphatic hydroxyl groups is 1. The third kappa shape index (κ3) is 5.14. The van der Waals surface area contributed by atoms with E-state index in [1.165, 1.54) is 36.4 Å². The van der Waals surface area contributed by atoms with Gasteiger partial charge in [-0.15, -0.1) is 0 Å². The lowest BCUT2D eigenvalue weighted by Gasteiger charge is -2.20. The predicted molar refractivity (Wildman–Crippen MR) is 81.1 cm³/mol. The number of ether oxygens (including phenoxy) is 1. The Morgan fingerprint density at radius 3 is 2.32 bits per heavy atom. The second-order valence-corrected chi connectivity index (χ2v) is 5.48. The first-order chi connectivity index (χ1) is 11.7. The molecule has 0 saturated carbocycles. The Balaban J connectivity index is 2.07. The Bertz CT molecular complexity index is 694. The lowest BCUT2D eigenvalue weighted by atomic mass is 9.97. The summed E-state index contributed by atoms with van der Waals surface area (Å²) in [5, 5.41) is 10.2. The van der Waals surface area contributed by atoms with E-state index in [0.717, 1.165) is 12.1 Å². The zero-order chi connectivity index (χ0) is 18.6. The number of hydrogen-bond donors (Lipinski definition) is 2. The van der Waals surface area contributed by atoms with E-state index < -0.39 is 36.2 Å². The van der Waals surface area contributed by atoms with Gasteiger partial charge in [0.05, 0.1) is 6.10 Å². The van der Waals surface area contributed by atoms with Gasteiger partial charge in [0.2, 0.25) is 0 Å². The van der Waals surface area contributed by atoms with Gasteiger partial charge in [-0.3, -0.25) is 0 Å². The standard InChI is InChI=1S/C17H16F5NO2/c18-12-6-4-11(5-7-12)15(24)14(23)9-10-2-1-3-13(8-10)25-17(21,22)16(19)20/h1-8,14-16,24H,9,23H2/t14-,15-/m1/s1. The number of benzene rings is 2. The number of alkyl halides is 4. The van der Waals surface area contributed by atoms with Crippen LogP contribution in [0.1, 0.15) is 17.2 Å². The van der Waals surface area contributed by atoms with Crippen LogP contribution in [-0.2, 0) is 6.42 Å². The highest BCUT2D eigenvalue weighted by molar-refractivity contribution is 5.30. The maximum absolute atomic E-state index is 12.9. The molecule has 0 aromatic heterocycles. The summed E-state index contributed by atoms with van der Waals surface area (Å²) in [6.07, 6.45) is -9.61. The summed E-state index contributed by atoms with van der Waals surface area (Å²) in [6, 6.07) is 9.42. The molecule has 0 fully saturated rings. The van der Waals surface area contributed by atoms with Crippen LogP contribution in [0.3, 0.4) is 0 Å². The van der Waals surface area contributed by atoms with E-state index in [2.05, 4.69) is 4.74 Å². The van der Waals surface area contributed by atoms with Crippen molar-refractivity contribution in [3.63, 3.8) is 0 Å². The lowest BCUT2D eigenvalue weighted by molar-refractivity contribution is -0.253. The molecular weight excluding hydrogens is 345 g/mol. The number of aliphatic hydroxyl groups excluding tert-OH is 1. The quantitative estimate of drug-likeness (QED) is 0.740. The molecule has 136 valence electrons. The molecule has 25 heavy (non-hydrogen) atoms. The van der Waals surface area contributed by atoms with Gasteiger partial charge in [-0.1, -0.05) is 24.3 Å². The van der Waals surface area contributed by atoms with Crippen LogP contribution in [0, 0.1) is 5.82 Å². The molecule has 2 aromatic carbocycles. The molecule has 0 aliphatic heterocycles. The van der Waals surface area contributed by atoms with Gasteiger partial charge in [-0.05, 0) is 41.8 Å². The van der Waals surface area contributed by atoms with Gasteiger partial charge < -0.3 is 15.6 Å². The first-order valence-electron chi connectivity index (χ1n) is 7.32. The summed E-state index contributed by atoms with van der Waals surface area (Å²) in [7, 11) is 0. The molecule has 3 nitrogen and oxygen atoms in total. The summed E-state index contributed by atoms with van der Waals surface area (Å²) in [5.41, 5.74) is 6.70. The van der Waals surface area contributed by atoms with Gasteiger partial charge >= 0.3 is 12.5 Å². The van der Waals surface area contributed by atoms with Crippen molar-refractivity contribution in [3.05, 3.63) is 65.5 Å². The lowest BCUT2D eigenvalue weighted by Crippen LogP contribution is -2.33. The Hall–Kier alpha value is -2.19. The fourth-order valence-electron chi connectivity index (χ4n) is 2.23. The molecule has 8 heteroatoms. The monoisotopic (exact) mass is 361 g/mol. The average Bonchev–Trinajstić information content (AvgIpc) is 2.54. The maximum Gasteiger partial charge on any atom is 0.461 e. The molecular formula is C17H16F5NO2. The third-order valence-corrected chi connectivity index (χ3v) is 3.49. The normalized spacial score (nSPS) is 14.4. The Labute approximate surface area is 140 Å². The molecule has 0 radical (unpaired) electrons. The minimum absolute atomic E-state index is 0.0655. The molecule has 0 aliphatic rings. The highest BCUT2D eigenvalue weighted by atomic mass is 19.3. The van der Waals surface area contributed by atoms with Crippen molar-refractivity contribution in [2.24, 2.45) is 5.73 Å². The van der Waals surface area contributed by atoms with Crippen LogP contribution >= 0.6 is 0 Å². The maximum atomic E-state index is 12.9. The fourth-order valence-corrected chi connectivity index (χ4v) is 2.23. The minimum Gasteiger partial charge on any atom is -0.428 e. The van der Waals surface area contributed by atoms with E-state index in [0.29, 0.717) is 11.1 Å². The van der Waals surface area contributed by atoms with E-state index >= 15 is 0 Å². The third-order valence-electron chi connectivity index (χ3n) is 3.49. The van der Waals surface area contributed by atoms with Gasteiger partial charge in [0.1, 0.15) is 11.6 Å². The highest BCUT2D eigenvalue weighted by Crippen LogP contribution is 2.28. The number of halogens is 5. The summed E-state index contributed by atoms with van der Waals surface area (Å²) in [4.78, 5) is 0. The van der Waals surface area contributed by atoms with Crippen LogP contribution in [0.4, 0.5) is 22.0 Å². The van der Waals surface area contributed by atoms with Crippen LogP contribution in [0.15, 0.2) is 48.5 Å². The van der Waals surface area contributed by atoms with E-state index in [-0.39, 0.29) is 6.42 Å². The van der Waals surface area contributed by atoms with Crippen molar-refractivity contribution in [1.29, 1.82) is 0 Å². The molecule has 0 bridgehead atoms. The summed E-state index contributed by atoms with van der Waals surface area (Å²) >= 11 is 0. The van der Waals surface area contributed by atoms with E-state index in [9.17, 15) is 27.1 Å². The molecule has 0 amide bonds. The number of rotatable bonds is 7. The van der Waals surface area contributed by atoms with Crippen LogP contribution in [0.25, 0.3) is 0 Å². The van der Waals surface area contributed by atoms with Crippen molar-refractivity contribution < 1.29 is 31.8 Å². The molecule has 2 atom stereocenters. The Morgan fingerprint density at radius 1 is 1.08 bits per heavy atom. The minimum atomic E-state index is -4.60. The van der Waals surface area contributed by atoms with E-state index in [4.69, 9.17) is 5.73 Å². The fraction of sp³-hybridized carbons (Fsp3) is 0.294. The Kier molecular flexibility index (Phi) is 5.97. The second kappa shape index (κ2) is 7.79. The SMILES string of the molecule is N[C@H](Cc1cccc(OC(F)(F)C(F)F)c1)[C@H](O)c1ccc(F)cc1. The summed E-state index contributed by atoms with van der Waals surface area (Å²) in [5.74, 6) is -0.902. The van der Waals surface area contributed by atoms with E-state index in [1.54, 1.807) is 0 Å². The molecule has 2 rings (SSSR count). The number of nitrogens with two attached hydrogens (primary N) is 1. The molecule has 0 aliphatic carbocycles. The predicted octanol–water partition coefficient (Wildman–Crippen LogP) is 3.67. The van der Waals surface area contributed by atoms with Crippen LogP contribution < -0.4 is 10.5 Å². The van der Waals surface area contributed by atoms with Crippen LogP contribution in [0.5, 0.6) is 5.75 Å². The molecule has 0 unspecified atom stereocenters. The van der Waals surface area contributed by atoms with Gasteiger partial charge in [0.15, 0.2) is 0 Å². The molecule has 2 aromatic rings. The van der Waals surface area contributed by atoms with Crippen LogP contribution in [0.2, 0.25) is 0 Å². The Morgan fingerprint density at radius 2 is 1.72 bits per heavy atom. The van der Waals surface area contributed by atoms with Gasteiger partial charge in [0, 0.05) is 6.04 Å². The second-order valence-electron chi connectivity index (χ2n) is 5.48. The first kappa shape index (κ1) is 19.1. The highest BCUT2D eigenvalue weighted by Gasteiger charge is 2.43. The smallest absolute Gasteiger partial charge is 0.428 e. The topological polar surface area (TPSA) is 55.5 Å². The molecule has 0 saturated heterocycles. The van der Waals surface area contributed by atoms with Crippen molar-refractivity contribution in [1.82, 2.24) is 0 Å². The first-order valence-corrected chi connectivity index (χ1v) is 7.32. The van der Waals surface area contributed by atoms with Crippen molar-refractivity contribution in [2.45, 2.75) is 31.1 Å².